The Labute approximate surface area is 118 Å². The van der Waals surface area contributed by atoms with Crippen molar-refractivity contribution >= 4 is 11.8 Å². The predicted molar refractivity (Wildman–Crippen MR) is 78.0 cm³/mol. The summed E-state index contributed by atoms with van der Waals surface area (Å²) in [5.74, 6) is 0.599. The van der Waals surface area contributed by atoms with Crippen LogP contribution in [0.4, 0.5) is 5.82 Å². The Morgan fingerprint density at radius 2 is 2.05 bits per heavy atom. The molecule has 20 heavy (non-hydrogen) atoms. The van der Waals surface area contributed by atoms with Gasteiger partial charge in [0.1, 0.15) is 11.6 Å². The number of para-hydroxylation sites is 1. The lowest BCUT2D eigenvalue weighted by atomic mass is 10.2. The van der Waals surface area contributed by atoms with Gasteiger partial charge < -0.3 is 10.5 Å². The van der Waals surface area contributed by atoms with E-state index in [4.69, 9.17) is 10.5 Å². The Bertz CT molecular complexity index is 632. The summed E-state index contributed by atoms with van der Waals surface area (Å²) in [6.45, 7) is 6.04. The average Bonchev–Trinajstić information content (AvgIpc) is 2.77. The summed E-state index contributed by atoms with van der Waals surface area (Å²) in [6.07, 6.45) is 0.679. The third kappa shape index (κ3) is 2.39. The molecule has 0 radical (unpaired) electrons. The van der Waals surface area contributed by atoms with Crippen molar-refractivity contribution < 1.29 is 9.53 Å². The van der Waals surface area contributed by atoms with Gasteiger partial charge in [-0.15, -0.1) is 0 Å². The molecule has 5 nitrogen and oxygen atoms in total. The van der Waals surface area contributed by atoms with Crippen LogP contribution in [0.25, 0.3) is 5.69 Å². The molecule has 0 bridgehead atoms. The van der Waals surface area contributed by atoms with Gasteiger partial charge >= 0.3 is 5.97 Å². The largest absolute Gasteiger partial charge is 0.461 e. The second-order valence-corrected chi connectivity index (χ2v) is 4.46. The van der Waals surface area contributed by atoms with Gasteiger partial charge in [0.2, 0.25) is 0 Å². The van der Waals surface area contributed by atoms with Gasteiger partial charge in [-0.2, -0.15) is 0 Å². The van der Waals surface area contributed by atoms with Crippen molar-refractivity contribution in [2.24, 2.45) is 0 Å². The van der Waals surface area contributed by atoms with Crippen LogP contribution in [0.2, 0.25) is 0 Å². The Morgan fingerprint density at radius 1 is 1.35 bits per heavy atom. The van der Waals surface area contributed by atoms with Gasteiger partial charge in [0.05, 0.1) is 12.3 Å². The quantitative estimate of drug-likeness (QED) is 0.869. The molecule has 0 saturated heterocycles. The smallest absolute Gasteiger partial charge is 0.360 e. The van der Waals surface area contributed by atoms with Gasteiger partial charge in [-0.3, -0.25) is 4.57 Å². The first-order valence-corrected chi connectivity index (χ1v) is 6.70. The molecule has 0 saturated carbocycles. The lowest BCUT2D eigenvalue weighted by Gasteiger charge is -2.11. The summed E-state index contributed by atoms with van der Waals surface area (Å²) in [4.78, 5) is 16.2. The van der Waals surface area contributed by atoms with E-state index in [1.54, 1.807) is 6.92 Å². The Kier molecular flexibility index (Phi) is 4.08. The number of esters is 1. The number of carbonyl (C=O) groups is 1. The van der Waals surface area contributed by atoms with Gasteiger partial charge in [0.15, 0.2) is 5.69 Å². The number of hydrogen-bond donors (Lipinski definition) is 1. The molecule has 0 aliphatic rings. The zero-order valence-corrected chi connectivity index (χ0v) is 12.0. The fourth-order valence-corrected chi connectivity index (χ4v) is 2.15. The van der Waals surface area contributed by atoms with Crippen LogP contribution in [0.15, 0.2) is 24.3 Å². The van der Waals surface area contributed by atoms with E-state index in [-0.39, 0.29) is 5.69 Å². The molecular weight excluding hydrogens is 254 g/mol. The molecule has 2 rings (SSSR count). The van der Waals surface area contributed by atoms with Crippen molar-refractivity contribution in [3.8, 4) is 5.69 Å². The van der Waals surface area contributed by atoms with Crippen molar-refractivity contribution in [3.05, 3.63) is 41.3 Å². The molecule has 0 atom stereocenters. The second kappa shape index (κ2) is 5.77. The maximum absolute atomic E-state index is 11.9. The van der Waals surface area contributed by atoms with Crippen molar-refractivity contribution in [1.29, 1.82) is 0 Å². The summed E-state index contributed by atoms with van der Waals surface area (Å²) in [7, 11) is 0. The number of nitrogens with zero attached hydrogens (tertiary/aromatic N) is 2. The number of hydrogen-bond acceptors (Lipinski definition) is 4. The van der Waals surface area contributed by atoms with E-state index in [1.807, 2.05) is 42.7 Å². The van der Waals surface area contributed by atoms with E-state index in [1.165, 1.54) is 0 Å². The van der Waals surface area contributed by atoms with Crippen LogP contribution < -0.4 is 5.73 Å². The zero-order valence-electron chi connectivity index (χ0n) is 12.0. The lowest BCUT2D eigenvalue weighted by molar-refractivity contribution is 0.0521. The van der Waals surface area contributed by atoms with Gasteiger partial charge in [0.25, 0.3) is 0 Å². The molecule has 0 unspecified atom stereocenters. The Balaban J connectivity index is 2.59. The number of benzene rings is 1. The van der Waals surface area contributed by atoms with Gasteiger partial charge in [-0.25, -0.2) is 9.78 Å². The van der Waals surface area contributed by atoms with E-state index in [0.29, 0.717) is 18.8 Å². The molecule has 1 aromatic heterocycles. The highest BCUT2D eigenvalue weighted by molar-refractivity contribution is 5.92. The number of carbonyl (C=O) groups excluding carboxylic acids is 1. The van der Waals surface area contributed by atoms with E-state index >= 15 is 0 Å². The fourth-order valence-electron chi connectivity index (χ4n) is 2.15. The van der Waals surface area contributed by atoms with Gasteiger partial charge in [0, 0.05) is 6.42 Å². The van der Waals surface area contributed by atoms with Crippen LogP contribution in [-0.4, -0.2) is 22.1 Å². The summed E-state index contributed by atoms with van der Waals surface area (Å²) >= 11 is 0. The first-order chi connectivity index (χ1) is 9.60. The van der Waals surface area contributed by atoms with Crippen molar-refractivity contribution in [1.82, 2.24) is 9.55 Å². The topological polar surface area (TPSA) is 70.1 Å². The average molecular weight is 273 g/mol. The van der Waals surface area contributed by atoms with Crippen molar-refractivity contribution in [3.63, 3.8) is 0 Å². The molecule has 5 heteroatoms. The van der Waals surface area contributed by atoms with E-state index in [0.717, 1.165) is 17.1 Å². The lowest BCUT2D eigenvalue weighted by Crippen LogP contribution is -2.10. The number of anilines is 1. The van der Waals surface area contributed by atoms with Crippen LogP contribution >= 0.6 is 0 Å². The predicted octanol–water partition coefficient (Wildman–Crippen LogP) is 2.50. The number of aromatic nitrogens is 2. The van der Waals surface area contributed by atoms with Crippen molar-refractivity contribution in [2.45, 2.75) is 27.2 Å². The third-order valence-corrected chi connectivity index (χ3v) is 3.12. The highest BCUT2D eigenvalue weighted by Crippen LogP contribution is 2.24. The molecular formula is C15H19N3O2. The summed E-state index contributed by atoms with van der Waals surface area (Å²) in [5, 5.41) is 0. The standard InChI is InChI=1S/C15H19N3O2/c1-4-12-17-13(15(19)20-5-2)14(16)18(12)11-9-7-6-8-10(11)3/h6-9H,4-5,16H2,1-3H3. The molecule has 0 amide bonds. The van der Waals surface area contributed by atoms with Crippen LogP contribution in [0.1, 0.15) is 35.7 Å². The molecule has 0 spiro atoms. The van der Waals surface area contributed by atoms with Gasteiger partial charge in [-0.05, 0) is 25.5 Å². The Morgan fingerprint density at radius 3 is 2.65 bits per heavy atom. The fraction of sp³-hybridized carbons (Fsp3) is 0.333. The van der Waals surface area contributed by atoms with E-state index in [2.05, 4.69) is 4.98 Å². The monoisotopic (exact) mass is 273 g/mol. The first kappa shape index (κ1) is 14.1. The number of imidazole rings is 1. The number of aryl methyl sites for hydroxylation is 2. The van der Waals surface area contributed by atoms with Crippen molar-refractivity contribution in [2.75, 3.05) is 12.3 Å². The number of nitrogen functional groups attached to an aromatic ring is 1. The second-order valence-electron chi connectivity index (χ2n) is 4.46. The minimum Gasteiger partial charge on any atom is -0.461 e. The Hall–Kier alpha value is -2.30. The molecule has 2 N–H and O–H groups in total. The number of nitrogens with two attached hydrogens (primary N) is 1. The molecule has 0 aliphatic carbocycles. The van der Waals surface area contributed by atoms with E-state index in [9.17, 15) is 4.79 Å². The highest BCUT2D eigenvalue weighted by atomic mass is 16.5. The summed E-state index contributed by atoms with van der Waals surface area (Å²) in [5.41, 5.74) is 8.30. The first-order valence-electron chi connectivity index (χ1n) is 6.70. The van der Waals surface area contributed by atoms with Crippen LogP contribution in [0.3, 0.4) is 0 Å². The summed E-state index contributed by atoms with van der Waals surface area (Å²) < 4.78 is 6.81. The molecule has 0 aliphatic heterocycles. The maximum atomic E-state index is 11.9. The normalized spacial score (nSPS) is 10.6. The molecule has 106 valence electrons. The third-order valence-electron chi connectivity index (χ3n) is 3.12. The number of ether oxygens (including phenoxy) is 1. The van der Waals surface area contributed by atoms with Crippen LogP contribution in [0, 0.1) is 6.92 Å². The summed E-state index contributed by atoms with van der Waals surface area (Å²) in [6, 6.07) is 7.86. The van der Waals surface area contributed by atoms with Gasteiger partial charge in [-0.1, -0.05) is 25.1 Å². The van der Waals surface area contributed by atoms with E-state index < -0.39 is 5.97 Å². The maximum Gasteiger partial charge on any atom is 0.360 e. The molecule has 2 aromatic rings. The minimum atomic E-state index is -0.480. The van der Waals surface area contributed by atoms with Crippen LogP contribution in [0.5, 0.6) is 0 Å². The molecule has 1 heterocycles. The SMILES string of the molecule is CCOC(=O)c1nc(CC)n(-c2ccccc2C)c1N. The minimum absolute atomic E-state index is 0.187. The number of rotatable bonds is 4. The molecule has 0 fully saturated rings. The molecule has 1 aromatic carbocycles. The highest BCUT2D eigenvalue weighted by Gasteiger charge is 2.22. The zero-order chi connectivity index (χ0) is 14.7. The van der Waals surface area contributed by atoms with Crippen LogP contribution in [-0.2, 0) is 11.2 Å².